The van der Waals surface area contributed by atoms with Gasteiger partial charge < -0.3 is 11.1 Å². The first-order valence-electron chi connectivity index (χ1n) is 8.69. The van der Waals surface area contributed by atoms with E-state index in [1.54, 1.807) is 12.1 Å². The first-order valence-corrected chi connectivity index (χ1v) is 8.69. The summed E-state index contributed by atoms with van der Waals surface area (Å²) in [5, 5.41) is 7.58. The molecule has 0 fully saturated rings. The number of benzene rings is 1. The van der Waals surface area contributed by atoms with Crippen LogP contribution < -0.4 is 16.6 Å². The lowest BCUT2D eigenvalue weighted by molar-refractivity contribution is 0.504. The van der Waals surface area contributed by atoms with E-state index in [1.807, 2.05) is 44.2 Å². The molecule has 27 heavy (non-hydrogen) atoms. The van der Waals surface area contributed by atoms with Gasteiger partial charge in [0.2, 0.25) is 0 Å². The molecule has 0 amide bonds. The van der Waals surface area contributed by atoms with Crippen molar-refractivity contribution in [2.75, 3.05) is 17.6 Å². The molecule has 7 heteroatoms. The Balaban J connectivity index is 2.24. The molecular weight excluding hydrogens is 340 g/mol. The number of aromatic nitrogens is 4. The number of nitrogen functional groups attached to an aromatic ring is 1. The monoisotopic (exact) mass is 362 g/mol. The zero-order chi connectivity index (χ0) is 19.4. The van der Waals surface area contributed by atoms with Crippen LogP contribution in [0.2, 0.25) is 0 Å². The molecule has 3 N–H and O–H groups in total. The van der Waals surface area contributed by atoms with Gasteiger partial charge in [-0.3, -0.25) is 4.79 Å². The van der Waals surface area contributed by atoms with Crippen LogP contribution in [-0.2, 0) is 0 Å². The third-order valence-electron chi connectivity index (χ3n) is 3.94. The van der Waals surface area contributed by atoms with Crippen LogP contribution in [0.3, 0.4) is 0 Å². The van der Waals surface area contributed by atoms with E-state index >= 15 is 0 Å². The Morgan fingerprint density at radius 3 is 2.56 bits per heavy atom. The predicted molar refractivity (Wildman–Crippen MR) is 108 cm³/mol. The van der Waals surface area contributed by atoms with Crippen molar-refractivity contribution < 1.29 is 0 Å². The fourth-order valence-corrected chi connectivity index (χ4v) is 2.64. The molecule has 2 aromatic heterocycles. The summed E-state index contributed by atoms with van der Waals surface area (Å²) >= 11 is 0. The molecule has 3 rings (SSSR count). The minimum Gasteiger partial charge on any atom is -0.381 e. The highest BCUT2D eigenvalue weighted by atomic mass is 16.1. The Morgan fingerprint density at radius 2 is 1.89 bits per heavy atom. The lowest BCUT2D eigenvalue weighted by Gasteiger charge is -2.14. The minimum atomic E-state index is -0.163. The molecule has 0 aliphatic rings. The van der Waals surface area contributed by atoms with Gasteiger partial charge in [-0.1, -0.05) is 36.4 Å². The quantitative estimate of drug-likeness (QED) is 0.654. The molecule has 138 valence electrons. The number of nitrogens with two attached hydrogens (primary N) is 1. The summed E-state index contributed by atoms with van der Waals surface area (Å²) in [7, 11) is 0. The Labute approximate surface area is 157 Å². The fourth-order valence-electron chi connectivity index (χ4n) is 2.64. The molecule has 0 aliphatic carbocycles. The van der Waals surface area contributed by atoms with Crippen molar-refractivity contribution in [2.45, 2.75) is 19.9 Å². The molecule has 0 unspecified atom stereocenters. The Morgan fingerprint density at radius 1 is 1.15 bits per heavy atom. The van der Waals surface area contributed by atoms with Gasteiger partial charge >= 0.3 is 0 Å². The van der Waals surface area contributed by atoms with E-state index in [-0.39, 0.29) is 17.4 Å². The second kappa shape index (κ2) is 7.82. The van der Waals surface area contributed by atoms with Crippen molar-refractivity contribution in [3.8, 4) is 22.6 Å². The normalized spacial score (nSPS) is 10.8. The summed E-state index contributed by atoms with van der Waals surface area (Å²) in [5.74, 6) is 0.741. The lowest BCUT2D eigenvalue weighted by atomic mass is 10.1. The molecule has 0 radical (unpaired) electrons. The summed E-state index contributed by atoms with van der Waals surface area (Å²) in [6.07, 6.45) is 1.71. The van der Waals surface area contributed by atoms with Crippen LogP contribution in [0.5, 0.6) is 0 Å². The summed E-state index contributed by atoms with van der Waals surface area (Å²) in [6.45, 7) is 8.00. The smallest absolute Gasteiger partial charge is 0.267 e. The largest absolute Gasteiger partial charge is 0.381 e. The van der Waals surface area contributed by atoms with E-state index in [0.29, 0.717) is 29.4 Å². The fraction of sp³-hybridized carbons (Fsp3) is 0.200. The highest BCUT2D eigenvalue weighted by Crippen LogP contribution is 2.31. The first-order chi connectivity index (χ1) is 13.0. The summed E-state index contributed by atoms with van der Waals surface area (Å²) in [6, 6.07) is 12.7. The van der Waals surface area contributed by atoms with Crippen LogP contribution >= 0.6 is 0 Å². The molecule has 0 saturated carbocycles. The Bertz CT molecular complexity index is 1010. The van der Waals surface area contributed by atoms with E-state index < -0.39 is 0 Å². The molecule has 0 spiro atoms. The van der Waals surface area contributed by atoms with Gasteiger partial charge in [0.15, 0.2) is 11.6 Å². The number of hydrogen-bond acceptors (Lipinski definition) is 6. The van der Waals surface area contributed by atoms with E-state index in [1.165, 1.54) is 10.7 Å². The second-order valence-electron chi connectivity index (χ2n) is 6.29. The number of hydrogen-bond donors (Lipinski definition) is 2. The number of rotatable bonds is 6. The Kier molecular flexibility index (Phi) is 5.30. The van der Waals surface area contributed by atoms with Crippen LogP contribution in [0.4, 0.5) is 11.6 Å². The van der Waals surface area contributed by atoms with Gasteiger partial charge in [0, 0.05) is 18.2 Å². The zero-order valence-corrected chi connectivity index (χ0v) is 15.4. The van der Waals surface area contributed by atoms with Gasteiger partial charge in [0.25, 0.3) is 5.56 Å². The first kappa shape index (κ1) is 18.3. The standard InChI is InChI=1S/C20H22N6O/c1-4-12-22-20-19(21)23-17(14-8-6-5-7-9-14)18(24-20)15-10-11-16(27)26(25-15)13(2)3/h4-11,13H,1,12H2,2-3H3,(H2,21,23)(H,22,24). The highest BCUT2D eigenvalue weighted by Gasteiger charge is 2.17. The molecule has 0 bridgehead atoms. The van der Waals surface area contributed by atoms with Gasteiger partial charge in [-0.15, -0.1) is 6.58 Å². The van der Waals surface area contributed by atoms with Crippen molar-refractivity contribution in [3.05, 3.63) is 65.5 Å². The van der Waals surface area contributed by atoms with E-state index in [2.05, 4.69) is 27.0 Å². The van der Waals surface area contributed by atoms with Gasteiger partial charge in [-0.2, -0.15) is 5.10 Å². The SMILES string of the molecule is C=CCNc1nc(-c2ccc(=O)n(C(C)C)n2)c(-c2ccccc2)nc1N. The van der Waals surface area contributed by atoms with E-state index in [9.17, 15) is 4.79 Å². The van der Waals surface area contributed by atoms with Crippen molar-refractivity contribution >= 4 is 11.6 Å². The molecule has 0 saturated heterocycles. The van der Waals surface area contributed by atoms with Gasteiger partial charge in [-0.05, 0) is 19.9 Å². The third-order valence-corrected chi connectivity index (χ3v) is 3.94. The third kappa shape index (κ3) is 3.87. The second-order valence-corrected chi connectivity index (χ2v) is 6.29. The van der Waals surface area contributed by atoms with Crippen molar-refractivity contribution in [1.29, 1.82) is 0 Å². The van der Waals surface area contributed by atoms with Crippen LogP contribution in [0, 0.1) is 0 Å². The maximum absolute atomic E-state index is 12.1. The van der Waals surface area contributed by atoms with Crippen molar-refractivity contribution in [1.82, 2.24) is 19.7 Å². The van der Waals surface area contributed by atoms with Crippen LogP contribution in [0.15, 0.2) is 59.9 Å². The topological polar surface area (TPSA) is 98.7 Å². The number of nitrogens with one attached hydrogen (secondary N) is 1. The lowest BCUT2D eigenvalue weighted by Crippen LogP contribution is -2.24. The average molecular weight is 362 g/mol. The average Bonchev–Trinajstić information content (AvgIpc) is 2.68. The molecule has 3 aromatic rings. The van der Waals surface area contributed by atoms with Crippen molar-refractivity contribution in [3.63, 3.8) is 0 Å². The Hall–Kier alpha value is -3.48. The summed E-state index contributed by atoms with van der Waals surface area (Å²) < 4.78 is 1.43. The summed E-state index contributed by atoms with van der Waals surface area (Å²) in [4.78, 5) is 21.3. The number of anilines is 2. The highest BCUT2D eigenvalue weighted by molar-refractivity contribution is 5.79. The molecule has 7 nitrogen and oxygen atoms in total. The molecule has 2 heterocycles. The van der Waals surface area contributed by atoms with E-state index in [4.69, 9.17) is 5.73 Å². The maximum atomic E-state index is 12.1. The van der Waals surface area contributed by atoms with Gasteiger partial charge in [0.1, 0.15) is 17.1 Å². The number of nitrogens with zero attached hydrogens (tertiary/aromatic N) is 4. The molecule has 0 aliphatic heterocycles. The van der Waals surface area contributed by atoms with Gasteiger partial charge in [-0.25, -0.2) is 14.6 Å². The zero-order valence-electron chi connectivity index (χ0n) is 15.4. The van der Waals surface area contributed by atoms with Crippen molar-refractivity contribution in [2.24, 2.45) is 0 Å². The maximum Gasteiger partial charge on any atom is 0.267 e. The van der Waals surface area contributed by atoms with Crippen LogP contribution in [0.1, 0.15) is 19.9 Å². The minimum absolute atomic E-state index is 0.0715. The summed E-state index contributed by atoms with van der Waals surface area (Å²) in [5.41, 5.74) is 8.52. The van der Waals surface area contributed by atoms with E-state index in [0.717, 1.165) is 5.56 Å². The van der Waals surface area contributed by atoms with Gasteiger partial charge in [0.05, 0.1) is 6.04 Å². The predicted octanol–water partition coefficient (Wildman–Crippen LogP) is 3.13. The molecule has 0 atom stereocenters. The van der Waals surface area contributed by atoms with Crippen LogP contribution in [-0.4, -0.2) is 26.3 Å². The molecular formula is C20H22N6O. The van der Waals surface area contributed by atoms with Crippen LogP contribution in [0.25, 0.3) is 22.6 Å². The molecule has 1 aromatic carbocycles.